The molecule has 1 rings (SSSR count). The summed E-state index contributed by atoms with van der Waals surface area (Å²) in [6, 6.07) is 0. The molecule has 4 N–H and O–H groups in total. The second-order valence-electron chi connectivity index (χ2n) is 4.25. The van der Waals surface area contributed by atoms with Crippen molar-refractivity contribution in [3.05, 3.63) is 0 Å². The molecule has 0 saturated carbocycles. The Balaban J connectivity index is 2.78. The van der Waals surface area contributed by atoms with E-state index in [1.807, 2.05) is 0 Å². The molecule has 0 amide bonds. The Hall–Kier alpha value is -0.570. The molecule has 1 saturated heterocycles. The monoisotopic (exact) mass is 302 g/mol. The average Bonchev–Trinajstić information content (AvgIpc) is 2.26. The van der Waals surface area contributed by atoms with Crippen LogP contribution >= 0.6 is 7.60 Å². The minimum Gasteiger partial charge on any atom is -0.457 e. The topological polar surface area (TPSA) is 134 Å². The quantitative estimate of drug-likeness (QED) is 0.380. The van der Waals surface area contributed by atoms with Crippen molar-refractivity contribution in [2.24, 2.45) is 0 Å². The van der Waals surface area contributed by atoms with Gasteiger partial charge in [-0.3, -0.25) is 9.36 Å². The van der Waals surface area contributed by atoms with Gasteiger partial charge in [0.25, 0.3) is 0 Å². The summed E-state index contributed by atoms with van der Waals surface area (Å²) in [5, 5.41) is 18.5. The minimum absolute atomic E-state index is 0.327. The standard InChI is InChI=1S/C9H16FO8P/c1-4(11)17-8-5(2-3-19(14,15)16)18-9(13)7(12)6(8)10/h5-9,12-13H,2-3H2,1H3,(H2,14,15,16)/t5-,6-,7+,8-,9?/m1/s1. The molecule has 1 unspecified atom stereocenters. The summed E-state index contributed by atoms with van der Waals surface area (Å²) in [6.45, 7) is 1.02. The first-order valence-electron chi connectivity index (χ1n) is 5.49. The molecule has 1 fully saturated rings. The van der Waals surface area contributed by atoms with E-state index in [9.17, 15) is 24.0 Å². The predicted octanol–water partition coefficient (Wildman–Crippen LogP) is -1.10. The second kappa shape index (κ2) is 6.25. The van der Waals surface area contributed by atoms with Crippen LogP contribution < -0.4 is 0 Å². The van der Waals surface area contributed by atoms with Gasteiger partial charge in [0.2, 0.25) is 0 Å². The smallest absolute Gasteiger partial charge is 0.325 e. The molecular formula is C9H16FO8P. The number of ether oxygens (including phenoxy) is 2. The zero-order valence-electron chi connectivity index (χ0n) is 10.0. The van der Waals surface area contributed by atoms with Crippen molar-refractivity contribution in [2.75, 3.05) is 6.16 Å². The molecule has 0 bridgehead atoms. The lowest BCUT2D eigenvalue weighted by molar-refractivity contribution is -0.273. The van der Waals surface area contributed by atoms with Crippen molar-refractivity contribution in [3.63, 3.8) is 0 Å². The van der Waals surface area contributed by atoms with E-state index in [0.717, 1.165) is 6.92 Å². The van der Waals surface area contributed by atoms with E-state index in [1.165, 1.54) is 0 Å². The molecule has 1 aliphatic rings. The van der Waals surface area contributed by atoms with Crippen molar-refractivity contribution in [1.29, 1.82) is 0 Å². The number of carbonyl (C=O) groups excluding carboxylic acids is 1. The van der Waals surface area contributed by atoms with Gasteiger partial charge in [0.15, 0.2) is 18.6 Å². The largest absolute Gasteiger partial charge is 0.457 e. The summed E-state index contributed by atoms with van der Waals surface area (Å²) in [4.78, 5) is 28.3. The van der Waals surface area contributed by atoms with Gasteiger partial charge in [-0.2, -0.15) is 0 Å². The first-order valence-corrected chi connectivity index (χ1v) is 7.29. The summed E-state index contributed by atoms with van der Waals surface area (Å²) in [5.41, 5.74) is 0. The number of alkyl halides is 1. The Bertz CT molecular complexity index is 371. The Labute approximate surface area is 108 Å². The van der Waals surface area contributed by atoms with Crippen molar-refractivity contribution in [1.82, 2.24) is 0 Å². The van der Waals surface area contributed by atoms with Crippen LogP contribution in [0.1, 0.15) is 13.3 Å². The maximum Gasteiger partial charge on any atom is 0.325 e. The van der Waals surface area contributed by atoms with Gasteiger partial charge in [-0.05, 0) is 6.42 Å². The van der Waals surface area contributed by atoms with Crippen LogP contribution in [-0.2, 0) is 18.8 Å². The van der Waals surface area contributed by atoms with Gasteiger partial charge in [0, 0.05) is 6.92 Å². The second-order valence-corrected chi connectivity index (χ2v) is 6.03. The number of carbonyl (C=O) groups is 1. The molecule has 1 heterocycles. The van der Waals surface area contributed by atoms with Crippen LogP contribution in [0.4, 0.5) is 4.39 Å². The Morgan fingerprint density at radius 1 is 1.42 bits per heavy atom. The molecule has 5 atom stereocenters. The SMILES string of the molecule is CC(=O)O[C@H]1[C@H](F)[C@H](O)C(O)O[C@@H]1CCP(=O)(O)O. The van der Waals surface area contributed by atoms with Crippen LogP contribution in [0.25, 0.3) is 0 Å². The highest BCUT2D eigenvalue weighted by Crippen LogP contribution is 2.37. The molecule has 10 heteroatoms. The zero-order chi connectivity index (χ0) is 14.8. The molecule has 0 aromatic carbocycles. The number of aliphatic hydroxyl groups excluding tert-OH is 2. The fourth-order valence-corrected chi connectivity index (χ4v) is 2.34. The molecule has 0 radical (unpaired) electrons. The van der Waals surface area contributed by atoms with E-state index in [4.69, 9.17) is 14.5 Å². The van der Waals surface area contributed by atoms with Crippen LogP contribution in [0.5, 0.6) is 0 Å². The molecule has 8 nitrogen and oxygen atoms in total. The van der Waals surface area contributed by atoms with E-state index in [1.54, 1.807) is 0 Å². The van der Waals surface area contributed by atoms with Crippen LogP contribution in [0.2, 0.25) is 0 Å². The normalized spacial score (nSPS) is 36.0. The molecule has 0 aliphatic carbocycles. The van der Waals surface area contributed by atoms with E-state index < -0.39 is 50.5 Å². The van der Waals surface area contributed by atoms with Crippen LogP contribution in [0, 0.1) is 0 Å². The highest BCUT2D eigenvalue weighted by molar-refractivity contribution is 7.51. The van der Waals surface area contributed by atoms with Gasteiger partial charge in [0.05, 0.1) is 6.16 Å². The fraction of sp³-hybridized carbons (Fsp3) is 0.889. The number of hydrogen-bond acceptors (Lipinski definition) is 6. The first-order chi connectivity index (χ1) is 8.61. The van der Waals surface area contributed by atoms with E-state index in [2.05, 4.69) is 4.74 Å². The van der Waals surface area contributed by atoms with Crippen molar-refractivity contribution < 1.29 is 43.2 Å². The Morgan fingerprint density at radius 2 is 2.00 bits per heavy atom. The highest BCUT2D eigenvalue weighted by Gasteiger charge is 2.47. The van der Waals surface area contributed by atoms with Gasteiger partial charge in [-0.15, -0.1) is 0 Å². The van der Waals surface area contributed by atoms with E-state index >= 15 is 0 Å². The number of halogens is 1. The van der Waals surface area contributed by atoms with Gasteiger partial charge in [0.1, 0.15) is 12.2 Å². The number of aliphatic hydroxyl groups is 2. The van der Waals surface area contributed by atoms with Gasteiger partial charge < -0.3 is 29.5 Å². The lowest BCUT2D eigenvalue weighted by Gasteiger charge is -2.39. The molecule has 0 aromatic rings. The van der Waals surface area contributed by atoms with Crippen molar-refractivity contribution >= 4 is 13.6 Å². The molecule has 0 spiro atoms. The summed E-state index contributed by atoms with van der Waals surface area (Å²) in [7, 11) is -4.33. The number of rotatable bonds is 4. The lowest BCUT2D eigenvalue weighted by Crippen LogP contribution is -2.57. The molecule has 1 aliphatic heterocycles. The van der Waals surface area contributed by atoms with Crippen LogP contribution in [-0.4, -0.2) is 62.9 Å². The van der Waals surface area contributed by atoms with E-state index in [0.29, 0.717) is 0 Å². The number of esters is 1. The third-order valence-corrected chi connectivity index (χ3v) is 3.46. The van der Waals surface area contributed by atoms with Crippen molar-refractivity contribution in [2.45, 2.75) is 44.1 Å². The summed E-state index contributed by atoms with van der Waals surface area (Å²) < 4.78 is 34.0. The summed E-state index contributed by atoms with van der Waals surface area (Å²) >= 11 is 0. The predicted molar refractivity (Wildman–Crippen MR) is 58.9 cm³/mol. The number of hydrogen-bond donors (Lipinski definition) is 4. The van der Waals surface area contributed by atoms with Crippen LogP contribution in [0.3, 0.4) is 0 Å². The first kappa shape index (κ1) is 16.5. The molecule has 19 heavy (non-hydrogen) atoms. The maximum atomic E-state index is 13.8. The van der Waals surface area contributed by atoms with Gasteiger partial charge in [-0.25, -0.2) is 4.39 Å². The highest BCUT2D eigenvalue weighted by atomic mass is 31.2. The fourth-order valence-electron chi connectivity index (χ4n) is 1.75. The zero-order valence-corrected chi connectivity index (χ0v) is 10.9. The Morgan fingerprint density at radius 3 is 2.47 bits per heavy atom. The lowest BCUT2D eigenvalue weighted by atomic mass is 9.98. The molecule has 0 aromatic heterocycles. The minimum atomic E-state index is -4.33. The Kier molecular flexibility index (Phi) is 5.43. The molecular weight excluding hydrogens is 286 g/mol. The summed E-state index contributed by atoms with van der Waals surface area (Å²) in [6.07, 6.45) is -9.56. The maximum absolute atomic E-state index is 13.8. The average molecular weight is 302 g/mol. The van der Waals surface area contributed by atoms with Gasteiger partial charge in [-0.1, -0.05) is 0 Å². The molecule has 112 valence electrons. The van der Waals surface area contributed by atoms with Crippen LogP contribution in [0.15, 0.2) is 0 Å². The third kappa shape index (κ3) is 4.79. The van der Waals surface area contributed by atoms with Gasteiger partial charge >= 0.3 is 13.6 Å². The summed E-state index contributed by atoms with van der Waals surface area (Å²) in [5.74, 6) is -0.832. The third-order valence-electron chi connectivity index (χ3n) is 2.62. The van der Waals surface area contributed by atoms with E-state index in [-0.39, 0.29) is 6.42 Å². The van der Waals surface area contributed by atoms with Crippen molar-refractivity contribution in [3.8, 4) is 0 Å².